The Kier molecular flexibility index (Phi) is 9.66. The molecular weight excluding hydrogens is 416 g/mol. The molecule has 2 unspecified atom stereocenters. The van der Waals surface area contributed by atoms with Gasteiger partial charge in [0, 0.05) is 18.1 Å². The highest BCUT2D eigenvalue weighted by Gasteiger charge is 2.25. The largest absolute Gasteiger partial charge is 0.484 e. The summed E-state index contributed by atoms with van der Waals surface area (Å²) in [6.07, 6.45) is 1.08. The molecule has 1 fully saturated rings. The van der Waals surface area contributed by atoms with Crippen LogP contribution in [0.5, 0.6) is 11.5 Å². The zero-order chi connectivity index (χ0) is 22.8. The zero-order valence-corrected chi connectivity index (χ0v) is 19.1. The molecule has 2 N–H and O–H groups in total. The maximum Gasteiger partial charge on any atom is 0.260 e. The Morgan fingerprint density at radius 1 is 0.968 bits per heavy atom. The first-order valence-electron chi connectivity index (χ1n) is 10.4. The molecule has 3 rings (SSSR count). The van der Waals surface area contributed by atoms with Crippen LogP contribution in [0.25, 0.3) is 0 Å². The lowest BCUT2D eigenvalue weighted by molar-refractivity contribution is -0.135. The topological polar surface area (TPSA) is 81.9 Å². The second kappa shape index (κ2) is 12.2. The number of aryl methyl sites for hydroxylation is 1. The number of likely N-dealkylation sites (tertiary alicyclic amines) is 1. The molecule has 1 heterocycles. The van der Waals surface area contributed by atoms with Gasteiger partial charge in [-0.05, 0) is 61.6 Å². The number of benzene rings is 2. The Morgan fingerprint density at radius 2 is 1.52 bits per heavy atom. The molecular formula is C24H31ClN2O4. The van der Waals surface area contributed by atoms with E-state index < -0.39 is 5.91 Å². The van der Waals surface area contributed by atoms with Crippen molar-refractivity contribution in [2.75, 3.05) is 26.3 Å². The van der Waals surface area contributed by atoms with Crippen LogP contribution in [0.4, 0.5) is 0 Å². The van der Waals surface area contributed by atoms with Crippen LogP contribution in [0, 0.1) is 18.8 Å². The lowest BCUT2D eigenvalue weighted by Crippen LogP contribution is -2.44. The molecule has 6 nitrogen and oxygen atoms in total. The van der Waals surface area contributed by atoms with Crippen molar-refractivity contribution in [2.24, 2.45) is 17.6 Å². The Labute approximate surface area is 189 Å². The van der Waals surface area contributed by atoms with Crippen LogP contribution in [-0.4, -0.2) is 43.0 Å². The SMILES string of the molecule is CC1CCN(C(=O)COc2ccc(Cl)cc2)CC1C.Cc1ccc(OCC(N)=O)cc1. The van der Waals surface area contributed by atoms with Crippen molar-refractivity contribution in [2.45, 2.75) is 27.2 Å². The maximum absolute atomic E-state index is 12.1. The van der Waals surface area contributed by atoms with Gasteiger partial charge >= 0.3 is 0 Å². The van der Waals surface area contributed by atoms with Crippen molar-refractivity contribution in [1.29, 1.82) is 0 Å². The maximum atomic E-state index is 12.1. The molecule has 2 aromatic carbocycles. The van der Waals surface area contributed by atoms with E-state index in [0.29, 0.717) is 28.4 Å². The summed E-state index contributed by atoms with van der Waals surface area (Å²) in [4.78, 5) is 24.3. The lowest BCUT2D eigenvalue weighted by atomic mass is 9.89. The number of amides is 2. The zero-order valence-electron chi connectivity index (χ0n) is 18.3. The smallest absolute Gasteiger partial charge is 0.260 e. The summed E-state index contributed by atoms with van der Waals surface area (Å²) < 4.78 is 10.5. The van der Waals surface area contributed by atoms with E-state index in [9.17, 15) is 9.59 Å². The number of hydrogen-bond donors (Lipinski definition) is 1. The van der Waals surface area contributed by atoms with Crippen molar-refractivity contribution in [3.8, 4) is 11.5 Å². The molecule has 2 atom stereocenters. The van der Waals surface area contributed by atoms with Gasteiger partial charge in [0.05, 0.1) is 0 Å². The van der Waals surface area contributed by atoms with Crippen molar-refractivity contribution in [1.82, 2.24) is 4.90 Å². The molecule has 1 saturated heterocycles. The fraction of sp³-hybridized carbons (Fsp3) is 0.417. The highest BCUT2D eigenvalue weighted by Crippen LogP contribution is 2.22. The summed E-state index contributed by atoms with van der Waals surface area (Å²) >= 11 is 5.80. The Hall–Kier alpha value is -2.73. The van der Waals surface area contributed by atoms with Crippen LogP contribution >= 0.6 is 11.6 Å². The fourth-order valence-corrected chi connectivity index (χ4v) is 3.17. The monoisotopic (exact) mass is 446 g/mol. The van der Waals surface area contributed by atoms with Crippen LogP contribution in [-0.2, 0) is 9.59 Å². The molecule has 0 saturated carbocycles. The summed E-state index contributed by atoms with van der Waals surface area (Å²) in [6, 6.07) is 14.5. The molecule has 2 aromatic rings. The third-order valence-electron chi connectivity index (χ3n) is 5.26. The highest BCUT2D eigenvalue weighted by molar-refractivity contribution is 6.30. The van der Waals surface area contributed by atoms with Gasteiger partial charge in [0.2, 0.25) is 0 Å². The van der Waals surface area contributed by atoms with Gasteiger partial charge in [0.25, 0.3) is 11.8 Å². The predicted octanol–water partition coefficient (Wildman–Crippen LogP) is 4.08. The molecule has 7 heteroatoms. The second-order valence-corrected chi connectivity index (χ2v) is 8.33. The number of halogens is 1. The number of ether oxygens (including phenoxy) is 2. The summed E-state index contributed by atoms with van der Waals surface area (Å²) in [7, 11) is 0. The second-order valence-electron chi connectivity index (χ2n) is 7.89. The molecule has 2 amide bonds. The Balaban J connectivity index is 0.000000245. The minimum Gasteiger partial charge on any atom is -0.484 e. The van der Waals surface area contributed by atoms with Crippen LogP contribution in [0.1, 0.15) is 25.8 Å². The van der Waals surface area contributed by atoms with E-state index >= 15 is 0 Å². The summed E-state index contributed by atoms with van der Waals surface area (Å²) in [5.41, 5.74) is 6.06. The summed E-state index contributed by atoms with van der Waals surface area (Å²) in [6.45, 7) is 8.14. The Bertz CT molecular complexity index is 840. The van der Waals surface area contributed by atoms with Crippen LogP contribution in [0.15, 0.2) is 48.5 Å². The number of carbonyl (C=O) groups excluding carboxylic acids is 2. The number of hydrogen-bond acceptors (Lipinski definition) is 4. The number of nitrogens with zero attached hydrogens (tertiary/aromatic N) is 1. The van der Waals surface area contributed by atoms with Crippen LogP contribution < -0.4 is 15.2 Å². The van der Waals surface area contributed by atoms with E-state index in [1.54, 1.807) is 36.4 Å². The van der Waals surface area contributed by atoms with Gasteiger partial charge in [0.1, 0.15) is 11.5 Å². The average Bonchev–Trinajstić information content (AvgIpc) is 2.75. The van der Waals surface area contributed by atoms with Gasteiger partial charge < -0.3 is 20.1 Å². The molecule has 168 valence electrons. The third-order valence-corrected chi connectivity index (χ3v) is 5.52. The lowest BCUT2D eigenvalue weighted by Gasteiger charge is -2.35. The van der Waals surface area contributed by atoms with Gasteiger partial charge in [-0.1, -0.05) is 43.1 Å². The standard InChI is InChI=1S/C15H20ClNO2.C9H11NO2/c1-11-7-8-17(9-12(11)2)15(18)10-19-14-5-3-13(16)4-6-14;1-7-2-4-8(5-3-7)12-6-9(10)11/h3-6,11-12H,7-10H2,1-2H3;2-5H,6H2,1H3,(H2,10,11). The third kappa shape index (κ3) is 8.89. The summed E-state index contributed by atoms with van der Waals surface area (Å²) in [5.74, 6) is 2.20. The van der Waals surface area contributed by atoms with Gasteiger partial charge in [-0.15, -0.1) is 0 Å². The van der Waals surface area contributed by atoms with E-state index in [1.807, 2.05) is 24.0 Å². The molecule has 0 aromatic heterocycles. The highest BCUT2D eigenvalue weighted by atomic mass is 35.5. The predicted molar refractivity (Wildman–Crippen MR) is 122 cm³/mol. The van der Waals surface area contributed by atoms with E-state index in [0.717, 1.165) is 25.1 Å². The molecule has 1 aliphatic rings. The van der Waals surface area contributed by atoms with E-state index in [1.165, 1.54) is 0 Å². The average molecular weight is 447 g/mol. The van der Waals surface area contributed by atoms with Crippen LogP contribution in [0.2, 0.25) is 5.02 Å². The summed E-state index contributed by atoms with van der Waals surface area (Å²) in [5, 5.41) is 0.664. The van der Waals surface area contributed by atoms with Gasteiger partial charge in [0.15, 0.2) is 13.2 Å². The minimum absolute atomic E-state index is 0.0636. The normalized spacial score (nSPS) is 17.9. The number of carbonyl (C=O) groups is 2. The number of nitrogens with two attached hydrogens (primary N) is 1. The first kappa shape index (κ1) is 24.5. The van der Waals surface area contributed by atoms with Gasteiger partial charge in [-0.25, -0.2) is 0 Å². The molecule has 31 heavy (non-hydrogen) atoms. The fourth-order valence-electron chi connectivity index (χ4n) is 3.05. The molecule has 0 spiro atoms. The Morgan fingerprint density at radius 3 is 2.06 bits per heavy atom. The van der Waals surface area contributed by atoms with E-state index in [-0.39, 0.29) is 19.1 Å². The molecule has 0 aliphatic carbocycles. The minimum atomic E-state index is -0.462. The van der Waals surface area contributed by atoms with Crippen molar-refractivity contribution in [3.05, 3.63) is 59.1 Å². The van der Waals surface area contributed by atoms with Gasteiger partial charge in [-0.3, -0.25) is 9.59 Å². The molecule has 0 radical (unpaired) electrons. The first-order valence-corrected chi connectivity index (χ1v) is 10.8. The van der Waals surface area contributed by atoms with E-state index in [2.05, 4.69) is 13.8 Å². The molecule has 1 aliphatic heterocycles. The number of rotatable bonds is 6. The van der Waals surface area contributed by atoms with Crippen molar-refractivity contribution >= 4 is 23.4 Å². The van der Waals surface area contributed by atoms with Gasteiger partial charge in [-0.2, -0.15) is 0 Å². The van der Waals surface area contributed by atoms with Crippen molar-refractivity contribution in [3.63, 3.8) is 0 Å². The van der Waals surface area contributed by atoms with Crippen LogP contribution in [0.3, 0.4) is 0 Å². The van der Waals surface area contributed by atoms with Crippen molar-refractivity contribution < 1.29 is 19.1 Å². The first-order chi connectivity index (χ1) is 14.7. The quantitative estimate of drug-likeness (QED) is 0.724. The molecule has 0 bridgehead atoms. The number of piperidine rings is 1. The van der Waals surface area contributed by atoms with E-state index in [4.69, 9.17) is 26.8 Å². The number of primary amides is 1.